The lowest BCUT2D eigenvalue weighted by atomic mass is 9.98. The zero-order chi connectivity index (χ0) is 21.1. The maximum Gasteiger partial charge on any atom is 0.313 e. The number of esters is 1. The third-order valence-corrected chi connectivity index (χ3v) is 5.12. The van der Waals surface area contributed by atoms with Crippen molar-refractivity contribution in [1.29, 1.82) is 0 Å². The second kappa shape index (κ2) is 8.37. The Labute approximate surface area is 174 Å². The van der Waals surface area contributed by atoms with E-state index in [0.717, 1.165) is 33.2 Å². The lowest BCUT2D eigenvalue weighted by Crippen LogP contribution is -2.13. The van der Waals surface area contributed by atoms with Gasteiger partial charge in [-0.25, -0.2) is 0 Å². The molecule has 0 radical (unpaired) electrons. The van der Waals surface area contributed by atoms with Crippen molar-refractivity contribution in [2.75, 3.05) is 7.11 Å². The Kier molecular flexibility index (Phi) is 5.48. The predicted octanol–water partition coefficient (Wildman–Crippen LogP) is 5.05. The van der Waals surface area contributed by atoms with Crippen LogP contribution in [-0.2, 0) is 16.1 Å². The Morgan fingerprint density at radius 1 is 1.07 bits per heavy atom. The van der Waals surface area contributed by atoms with E-state index in [1.165, 1.54) is 0 Å². The van der Waals surface area contributed by atoms with Crippen molar-refractivity contribution in [3.05, 3.63) is 77.7 Å². The van der Waals surface area contributed by atoms with Crippen molar-refractivity contribution in [3.63, 3.8) is 0 Å². The molecule has 0 aliphatic heterocycles. The van der Waals surface area contributed by atoms with E-state index >= 15 is 0 Å². The molecule has 4 aromatic rings. The van der Waals surface area contributed by atoms with E-state index in [9.17, 15) is 4.79 Å². The number of carbonyl (C=O) groups excluding carboxylic acids is 1. The van der Waals surface area contributed by atoms with Crippen molar-refractivity contribution in [2.45, 2.75) is 26.4 Å². The Morgan fingerprint density at radius 2 is 1.83 bits per heavy atom. The maximum absolute atomic E-state index is 12.6. The molecule has 0 saturated carbocycles. The van der Waals surface area contributed by atoms with Gasteiger partial charge in [0.25, 0.3) is 5.89 Å². The van der Waals surface area contributed by atoms with Crippen LogP contribution in [0.1, 0.15) is 29.9 Å². The molecule has 1 atom stereocenters. The molecule has 6 heteroatoms. The fourth-order valence-electron chi connectivity index (χ4n) is 3.28. The van der Waals surface area contributed by atoms with Crippen molar-refractivity contribution in [2.24, 2.45) is 0 Å². The number of hydrogen-bond acceptors (Lipinski definition) is 6. The molecule has 0 saturated heterocycles. The molecule has 0 aliphatic carbocycles. The topological polar surface area (TPSA) is 74.5 Å². The zero-order valence-corrected chi connectivity index (χ0v) is 17.1. The maximum atomic E-state index is 12.6. The van der Waals surface area contributed by atoms with Crippen LogP contribution < -0.4 is 4.74 Å². The van der Waals surface area contributed by atoms with E-state index in [0.29, 0.717) is 5.82 Å². The molecular weight excluding hydrogens is 380 g/mol. The van der Waals surface area contributed by atoms with Crippen LogP contribution in [0.15, 0.2) is 65.2 Å². The number of carbonyl (C=O) groups is 1. The third-order valence-electron chi connectivity index (χ3n) is 5.12. The van der Waals surface area contributed by atoms with E-state index < -0.39 is 5.92 Å². The number of fused-ring (bicyclic) bond motifs is 1. The van der Waals surface area contributed by atoms with Crippen LogP contribution >= 0.6 is 0 Å². The van der Waals surface area contributed by atoms with E-state index in [-0.39, 0.29) is 18.5 Å². The summed E-state index contributed by atoms with van der Waals surface area (Å²) in [5.74, 6) is 0.776. The SMILES string of the molecule is COc1ccc2cc([C@H](C)C(=O)OCc3nc(-c4ccccc4C)no3)ccc2c1. The number of aryl methyl sites for hydroxylation is 1. The second-order valence-electron chi connectivity index (χ2n) is 7.13. The average Bonchev–Trinajstić information content (AvgIpc) is 3.25. The zero-order valence-electron chi connectivity index (χ0n) is 17.1. The van der Waals surface area contributed by atoms with Gasteiger partial charge in [0.2, 0.25) is 5.82 Å². The first-order chi connectivity index (χ1) is 14.5. The number of ether oxygens (including phenoxy) is 2. The first-order valence-corrected chi connectivity index (χ1v) is 9.68. The summed E-state index contributed by atoms with van der Waals surface area (Å²) in [5.41, 5.74) is 2.81. The van der Waals surface area contributed by atoms with Gasteiger partial charge in [-0.15, -0.1) is 0 Å². The number of benzene rings is 3. The Bertz CT molecular complexity index is 1200. The van der Waals surface area contributed by atoms with Crippen LogP contribution in [0.5, 0.6) is 5.75 Å². The number of hydrogen-bond donors (Lipinski definition) is 0. The highest BCUT2D eigenvalue weighted by molar-refractivity contribution is 5.86. The standard InChI is InChI=1S/C24H22N2O4/c1-15-6-4-5-7-21(15)23-25-22(30-26-23)14-29-24(27)16(2)17-8-9-19-13-20(28-3)11-10-18(19)12-17/h4-13,16H,14H2,1-3H3/t16-/m0/s1. The Hall–Kier alpha value is -3.67. The lowest BCUT2D eigenvalue weighted by molar-refractivity contribution is -0.147. The molecule has 0 aliphatic rings. The average molecular weight is 402 g/mol. The summed E-state index contributed by atoms with van der Waals surface area (Å²) in [6.07, 6.45) is 0. The molecule has 4 rings (SSSR count). The molecule has 1 heterocycles. The van der Waals surface area contributed by atoms with Crippen molar-refractivity contribution in [3.8, 4) is 17.1 Å². The van der Waals surface area contributed by atoms with Crippen molar-refractivity contribution < 1.29 is 18.8 Å². The van der Waals surface area contributed by atoms with Crippen LogP contribution in [0.25, 0.3) is 22.2 Å². The monoisotopic (exact) mass is 402 g/mol. The summed E-state index contributed by atoms with van der Waals surface area (Å²) in [6.45, 7) is 3.74. The quantitative estimate of drug-likeness (QED) is 0.420. The van der Waals surface area contributed by atoms with Crippen LogP contribution in [0.4, 0.5) is 0 Å². The molecule has 6 nitrogen and oxygen atoms in total. The van der Waals surface area contributed by atoms with Gasteiger partial charge in [-0.1, -0.05) is 53.7 Å². The smallest absolute Gasteiger partial charge is 0.313 e. The van der Waals surface area contributed by atoms with Crippen molar-refractivity contribution in [1.82, 2.24) is 10.1 Å². The van der Waals surface area contributed by atoms with Crippen LogP contribution in [-0.4, -0.2) is 23.2 Å². The van der Waals surface area contributed by atoms with E-state index in [2.05, 4.69) is 10.1 Å². The molecule has 30 heavy (non-hydrogen) atoms. The minimum Gasteiger partial charge on any atom is -0.497 e. The summed E-state index contributed by atoms with van der Waals surface area (Å²) >= 11 is 0. The first-order valence-electron chi connectivity index (χ1n) is 9.68. The van der Waals surface area contributed by atoms with Crippen molar-refractivity contribution >= 4 is 16.7 Å². The molecule has 152 valence electrons. The molecule has 1 aromatic heterocycles. The molecule has 0 N–H and O–H groups in total. The van der Waals surface area contributed by atoms with Gasteiger partial charge in [-0.3, -0.25) is 4.79 Å². The molecular formula is C24H22N2O4. The Balaban J connectivity index is 1.43. The third kappa shape index (κ3) is 4.03. The number of aromatic nitrogens is 2. The first kappa shape index (κ1) is 19.6. The summed E-state index contributed by atoms with van der Waals surface area (Å²) in [6, 6.07) is 19.5. The number of nitrogens with zero attached hydrogens (tertiary/aromatic N) is 2. The molecule has 0 bridgehead atoms. The largest absolute Gasteiger partial charge is 0.497 e. The van der Waals surface area contributed by atoms with E-state index in [1.54, 1.807) is 7.11 Å². The highest BCUT2D eigenvalue weighted by Crippen LogP contribution is 2.26. The van der Waals surface area contributed by atoms with Gasteiger partial charge < -0.3 is 14.0 Å². The lowest BCUT2D eigenvalue weighted by Gasteiger charge is -2.12. The second-order valence-corrected chi connectivity index (χ2v) is 7.13. The fraction of sp³-hybridized carbons (Fsp3) is 0.208. The summed E-state index contributed by atoms with van der Waals surface area (Å²) in [4.78, 5) is 16.9. The number of methoxy groups -OCH3 is 1. The normalized spacial score (nSPS) is 12.0. The molecule has 0 spiro atoms. The highest BCUT2D eigenvalue weighted by Gasteiger charge is 2.19. The van der Waals surface area contributed by atoms with Gasteiger partial charge in [-0.2, -0.15) is 4.98 Å². The molecule has 3 aromatic carbocycles. The van der Waals surface area contributed by atoms with Crippen LogP contribution in [0, 0.1) is 6.92 Å². The summed E-state index contributed by atoms with van der Waals surface area (Å²) < 4.78 is 15.9. The molecule has 0 amide bonds. The molecule has 0 fully saturated rings. The van der Waals surface area contributed by atoms with Gasteiger partial charge in [-0.05, 0) is 47.9 Å². The minimum absolute atomic E-state index is 0.0627. The summed E-state index contributed by atoms with van der Waals surface area (Å²) in [7, 11) is 1.64. The van der Waals surface area contributed by atoms with Crippen LogP contribution in [0.2, 0.25) is 0 Å². The number of rotatable bonds is 6. The van der Waals surface area contributed by atoms with Gasteiger partial charge in [0, 0.05) is 5.56 Å². The summed E-state index contributed by atoms with van der Waals surface area (Å²) in [5, 5.41) is 6.07. The van der Waals surface area contributed by atoms with Gasteiger partial charge >= 0.3 is 5.97 Å². The molecule has 0 unspecified atom stereocenters. The minimum atomic E-state index is -0.421. The van der Waals surface area contributed by atoms with Crippen LogP contribution in [0.3, 0.4) is 0 Å². The predicted molar refractivity (Wildman–Crippen MR) is 113 cm³/mol. The van der Waals surface area contributed by atoms with E-state index in [1.807, 2.05) is 74.5 Å². The van der Waals surface area contributed by atoms with Gasteiger partial charge in [0.15, 0.2) is 6.61 Å². The highest BCUT2D eigenvalue weighted by atomic mass is 16.6. The Morgan fingerprint density at radius 3 is 2.63 bits per heavy atom. The van der Waals surface area contributed by atoms with Gasteiger partial charge in [0.05, 0.1) is 13.0 Å². The fourth-order valence-corrected chi connectivity index (χ4v) is 3.28. The van der Waals surface area contributed by atoms with E-state index in [4.69, 9.17) is 14.0 Å². The van der Waals surface area contributed by atoms with Gasteiger partial charge in [0.1, 0.15) is 5.75 Å².